The number of para-hydroxylation sites is 2. The average molecular weight is 742 g/mol. The fourth-order valence-corrected chi connectivity index (χ4v) is 10.3. The second-order valence-corrected chi connectivity index (χ2v) is 16.2. The van der Waals surface area contributed by atoms with Crippen molar-refractivity contribution in [3.05, 3.63) is 114 Å². The van der Waals surface area contributed by atoms with Gasteiger partial charge in [0.05, 0.1) is 31.2 Å². The fourth-order valence-electron chi connectivity index (χ4n) is 10.3. The van der Waals surface area contributed by atoms with E-state index in [1.54, 1.807) is 14.2 Å². The number of aryl methyl sites for hydroxylation is 1. The number of rotatable bonds is 11. The van der Waals surface area contributed by atoms with Crippen LogP contribution in [0.5, 0.6) is 11.5 Å². The Morgan fingerprint density at radius 2 is 1.64 bits per heavy atom. The van der Waals surface area contributed by atoms with Gasteiger partial charge in [-0.15, -0.1) is 0 Å². The number of allylic oxidation sites excluding steroid dienone is 2. The van der Waals surface area contributed by atoms with Gasteiger partial charge in [-0.25, -0.2) is 4.98 Å². The van der Waals surface area contributed by atoms with Crippen LogP contribution in [-0.4, -0.2) is 77.1 Å². The van der Waals surface area contributed by atoms with Gasteiger partial charge in [-0.1, -0.05) is 67.6 Å². The molecule has 4 aliphatic rings. The molecule has 9 heteroatoms. The minimum atomic E-state index is -0.433. The Balaban J connectivity index is 0.905. The highest BCUT2D eigenvalue weighted by atomic mass is 16.5. The van der Waals surface area contributed by atoms with Gasteiger partial charge in [-0.05, 0) is 93.7 Å². The Morgan fingerprint density at radius 3 is 2.36 bits per heavy atom. The van der Waals surface area contributed by atoms with Gasteiger partial charge in [0, 0.05) is 60.9 Å². The van der Waals surface area contributed by atoms with Gasteiger partial charge in [-0.2, -0.15) is 0 Å². The third kappa shape index (κ3) is 7.19. The molecule has 55 heavy (non-hydrogen) atoms. The Hall–Kier alpha value is -4.89. The van der Waals surface area contributed by atoms with Crippen molar-refractivity contribution >= 4 is 22.8 Å². The van der Waals surface area contributed by atoms with E-state index >= 15 is 0 Å². The van der Waals surface area contributed by atoms with Crippen LogP contribution in [0.25, 0.3) is 11.0 Å². The second kappa shape index (κ2) is 15.7. The summed E-state index contributed by atoms with van der Waals surface area (Å²) in [6.07, 6.45) is 13.5. The molecule has 3 aromatic carbocycles. The van der Waals surface area contributed by atoms with Crippen molar-refractivity contribution in [1.82, 2.24) is 24.7 Å². The highest BCUT2D eigenvalue weighted by Crippen LogP contribution is 2.45. The smallest absolute Gasteiger partial charge is 0.250 e. The molecule has 9 nitrogen and oxygen atoms in total. The second-order valence-electron chi connectivity index (χ2n) is 16.2. The normalized spacial score (nSPS) is 24.8. The van der Waals surface area contributed by atoms with Gasteiger partial charge >= 0.3 is 0 Å². The predicted octanol–water partition coefficient (Wildman–Crippen LogP) is 7.55. The third-order valence-corrected chi connectivity index (χ3v) is 13.4. The Bertz CT molecular complexity index is 2070. The number of amides is 2. The van der Waals surface area contributed by atoms with E-state index in [4.69, 9.17) is 14.5 Å². The lowest BCUT2D eigenvalue weighted by Crippen LogP contribution is -2.49. The number of hydrogen-bond acceptors (Lipinski definition) is 6. The molecule has 3 aliphatic heterocycles. The molecular formula is C46H55N5O4. The third-order valence-electron chi connectivity index (χ3n) is 13.4. The molecule has 3 unspecified atom stereocenters. The number of likely N-dealkylation sites (tertiary alicyclic amines) is 1. The van der Waals surface area contributed by atoms with E-state index in [0.29, 0.717) is 54.8 Å². The first-order valence-corrected chi connectivity index (χ1v) is 20.2. The first kappa shape index (κ1) is 37.1. The summed E-state index contributed by atoms with van der Waals surface area (Å²) in [5.41, 5.74) is 5.34. The van der Waals surface area contributed by atoms with Crippen LogP contribution < -0.4 is 14.8 Å². The largest absolute Gasteiger partial charge is 0.497 e. The molecule has 4 heterocycles. The van der Waals surface area contributed by atoms with Crippen molar-refractivity contribution in [2.45, 2.75) is 88.9 Å². The number of benzene rings is 3. The maximum absolute atomic E-state index is 14.2. The molecule has 1 aromatic heterocycles. The number of nitrogens with one attached hydrogen (secondary N) is 1. The summed E-state index contributed by atoms with van der Waals surface area (Å²) < 4.78 is 13.4. The number of aromatic nitrogens is 2. The molecular weight excluding hydrogens is 687 g/mol. The number of carbonyl (C=O) groups is 2. The average Bonchev–Trinajstić information content (AvgIpc) is 3.69. The van der Waals surface area contributed by atoms with E-state index in [-0.39, 0.29) is 23.1 Å². The summed E-state index contributed by atoms with van der Waals surface area (Å²) in [6, 6.07) is 26.9. The molecule has 1 aliphatic carbocycles. The SMILES string of the molecule is COc1ccc(CNC(=O)C2C=CC=C(C(=O)N3CCC(CCN4[C@@H]5CC[C@H]4CC(n4c(C)nc6ccccc64)C5)(c4ccccc4)CC3)C2C)c(OC)c1. The van der Waals surface area contributed by atoms with Crippen LogP contribution in [-0.2, 0) is 21.5 Å². The molecule has 5 atom stereocenters. The van der Waals surface area contributed by atoms with Crippen molar-refractivity contribution < 1.29 is 19.1 Å². The summed E-state index contributed by atoms with van der Waals surface area (Å²) in [4.78, 5) is 37.5. The fraction of sp³-hybridized carbons (Fsp3) is 0.457. The Morgan fingerprint density at radius 1 is 0.909 bits per heavy atom. The Labute approximate surface area is 325 Å². The van der Waals surface area contributed by atoms with E-state index in [2.05, 4.69) is 76.3 Å². The van der Waals surface area contributed by atoms with Crippen molar-refractivity contribution in [3.8, 4) is 11.5 Å². The summed E-state index contributed by atoms with van der Waals surface area (Å²) in [6.45, 7) is 6.98. The number of methoxy groups -OCH3 is 2. The summed E-state index contributed by atoms with van der Waals surface area (Å²) in [5.74, 6) is 1.76. The molecule has 4 aromatic rings. The summed E-state index contributed by atoms with van der Waals surface area (Å²) in [7, 11) is 3.22. The maximum Gasteiger partial charge on any atom is 0.250 e. The molecule has 3 saturated heterocycles. The molecule has 2 bridgehead atoms. The first-order chi connectivity index (χ1) is 26.8. The van der Waals surface area contributed by atoms with Gasteiger partial charge in [-0.3, -0.25) is 14.5 Å². The van der Waals surface area contributed by atoms with E-state index < -0.39 is 5.92 Å². The van der Waals surface area contributed by atoms with Gasteiger partial charge < -0.3 is 24.3 Å². The molecule has 1 N–H and O–H groups in total. The number of hydrogen-bond donors (Lipinski definition) is 1. The lowest BCUT2D eigenvalue weighted by molar-refractivity contribution is -0.130. The first-order valence-electron chi connectivity index (χ1n) is 20.2. The van der Waals surface area contributed by atoms with Crippen molar-refractivity contribution in [2.75, 3.05) is 33.9 Å². The van der Waals surface area contributed by atoms with E-state index in [1.807, 2.05) is 48.3 Å². The highest BCUT2D eigenvalue weighted by Gasteiger charge is 2.45. The van der Waals surface area contributed by atoms with Gasteiger partial charge in [0.15, 0.2) is 0 Å². The topological polar surface area (TPSA) is 88.9 Å². The van der Waals surface area contributed by atoms with E-state index in [0.717, 1.165) is 42.7 Å². The number of piperidine rings is 2. The molecule has 8 rings (SSSR count). The number of imidazole rings is 1. The van der Waals surface area contributed by atoms with Crippen LogP contribution in [0, 0.1) is 18.8 Å². The zero-order valence-corrected chi connectivity index (χ0v) is 32.7. The molecule has 0 saturated carbocycles. The summed E-state index contributed by atoms with van der Waals surface area (Å²) >= 11 is 0. The molecule has 0 spiro atoms. The zero-order valence-electron chi connectivity index (χ0n) is 32.7. The van der Waals surface area contributed by atoms with Crippen molar-refractivity contribution in [3.63, 3.8) is 0 Å². The Kier molecular flexibility index (Phi) is 10.6. The highest BCUT2D eigenvalue weighted by molar-refractivity contribution is 5.96. The number of fused-ring (bicyclic) bond motifs is 3. The number of nitrogens with zero attached hydrogens (tertiary/aromatic N) is 4. The zero-order chi connectivity index (χ0) is 38.1. The van der Waals surface area contributed by atoms with E-state index in [9.17, 15) is 9.59 Å². The number of ether oxygens (including phenoxy) is 2. The number of carbonyl (C=O) groups excluding carboxylic acids is 2. The van der Waals surface area contributed by atoms with Crippen molar-refractivity contribution in [1.29, 1.82) is 0 Å². The maximum atomic E-state index is 14.2. The van der Waals surface area contributed by atoms with Crippen LogP contribution in [0.2, 0.25) is 0 Å². The molecule has 2 amide bonds. The molecule has 288 valence electrons. The van der Waals surface area contributed by atoms with Crippen LogP contribution in [0.1, 0.15) is 74.9 Å². The van der Waals surface area contributed by atoms with Crippen LogP contribution in [0.3, 0.4) is 0 Å². The van der Waals surface area contributed by atoms with Gasteiger partial charge in [0.25, 0.3) is 0 Å². The quantitative estimate of drug-likeness (QED) is 0.171. The van der Waals surface area contributed by atoms with Crippen LogP contribution in [0.4, 0.5) is 0 Å². The molecule has 0 radical (unpaired) electrons. The van der Waals surface area contributed by atoms with Gasteiger partial charge in [0.2, 0.25) is 11.8 Å². The minimum absolute atomic E-state index is 0.0167. The summed E-state index contributed by atoms with van der Waals surface area (Å²) in [5, 5.41) is 3.08. The standard InChI is InChI=1S/C46H55N5O4/c1-31-39(44(52)47-30-33-17-20-38(54-3)29-43(33)55-4)13-10-14-40(31)45(53)49-24-21-46(22-25-49,34-11-6-5-7-12-34)23-26-50-35-18-19-36(50)28-37(27-35)51-32(2)48-41-15-8-9-16-42(41)51/h5-17,20,29,31,35-37,39H,18-19,21-28,30H2,1-4H3,(H,47,52)/t31?,35-,36+,37?,39?. The predicted molar refractivity (Wildman–Crippen MR) is 216 cm³/mol. The monoisotopic (exact) mass is 741 g/mol. The van der Waals surface area contributed by atoms with Crippen molar-refractivity contribution in [2.24, 2.45) is 11.8 Å². The van der Waals surface area contributed by atoms with Crippen LogP contribution >= 0.6 is 0 Å². The van der Waals surface area contributed by atoms with E-state index in [1.165, 1.54) is 36.8 Å². The minimum Gasteiger partial charge on any atom is -0.497 e. The van der Waals surface area contributed by atoms with Gasteiger partial charge in [0.1, 0.15) is 17.3 Å². The molecule has 3 fully saturated rings. The van der Waals surface area contributed by atoms with Crippen LogP contribution in [0.15, 0.2) is 96.6 Å². The lowest BCUT2D eigenvalue weighted by Gasteiger charge is -2.46. The lowest BCUT2D eigenvalue weighted by atomic mass is 9.70.